The minimum Gasteiger partial charge on any atom is -0.384 e. The van der Waals surface area contributed by atoms with Crippen LogP contribution < -0.4 is 5.73 Å². The molecule has 0 saturated heterocycles. The maximum Gasteiger partial charge on any atom is 0.105 e. The highest BCUT2D eigenvalue weighted by Gasteiger charge is 2.43. The van der Waals surface area contributed by atoms with E-state index < -0.39 is 5.60 Å². The summed E-state index contributed by atoms with van der Waals surface area (Å²) in [5.74, 6) is 0. The van der Waals surface area contributed by atoms with Gasteiger partial charge in [0, 0.05) is 6.04 Å². The highest BCUT2D eigenvalue weighted by Crippen LogP contribution is 2.39. The standard InChI is InChI=1S/C10H13NO/c11-9-6-7-10(9,12)8-4-2-1-3-5-8/h1-5,9,12H,6-7,11H2/t9-,10?/m1/s1. The van der Waals surface area contributed by atoms with Crippen LogP contribution in [-0.4, -0.2) is 11.1 Å². The molecule has 12 heavy (non-hydrogen) atoms. The van der Waals surface area contributed by atoms with Gasteiger partial charge in [-0.05, 0) is 18.4 Å². The van der Waals surface area contributed by atoms with Crippen LogP contribution in [0.3, 0.4) is 0 Å². The Morgan fingerprint density at radius 3 is 2.42 bits per heavy atom. The smallest absolute Gasteiger partial charge is 0.105 e. The second kappa shape index (κ2) is 2.57. The first kappa shape index (κ1) is 7.77. The Hall–Kier alpha value is -0.860. The molecule has 0 aromatic heterocycles. The monoisotopic (exact) mass is 163 g/mol. The van der Waals surface area contributed by atoms with Crippen LogP contribution in [0, 0.1) is 0 Å². The van der Waals surface area contributed by atoms with Gasteiger partial charge in [0.2, 0.25) is 0 Å². The lowest BCUT2D eigenvalue weighted by Gasteiger charge is -2.43. The van der Waals surface area contributed by atoms with Crippen molar-refractivity contribution in [1.29, 1.82) is 0 Å². The van der Waals surface area contributed by atoms with E-state index in [4.69, 9.17) is 5.73 Å². The average Bonchev–Trinajstić information content (AvgIpc) is 2.16. The van der Waals surface area contributed by atoms with E-state index in [2.05, 4.69) is 0 Å². The zero-order valence-corrected chi connectivity index (χ0v) is 6.90. The third kappa shape index (κ3) is 0.958. The van der Waals surface area contributed by atoms with Crippen molar-refractivity contribution in [2.75, 3.05) is 0 Å². The molecule has 1 aliphatic carbocycles. The van der Waals surface area contributed by atoms with E-state index in [1.807, 2.05) is 30.3 Å². The van der Waals surface area contributed by atoms with E-state index in [0.29, 0.717) is 0 Å². The fourth-order valence-electron chi connectivity index (χ4n) is 1.67. The molecule has 0 radical (unpaired) electrons. The van der Waals surface area contributed by atoms with Crippen molar-refractivity contribution in [3.63, 3.8) is 0 Å². The Morgan fingerprint density at radius 2 is 2.00 bits per heavy atom. The first-order valence-corrected chi connectivity index (χ1v) is 4.27. The van der Waals surface area contributed by atoms with E-state index in [1.165, 1.54) is 0 Å². The molecule has 0 heterocycles. The predicted octanol–water partition coefficient (Wildman–Crippen LogP) is 0.995. The molecule has 3 N–H and O–H groups in total. The van der Waals surface area contributed by atoms with Gasteiger partial charge in [-0.15, -0.1) is 0 Å². The maximum absolute atomic E-state index is 10.0. The normalized spacial score (nSPS) is 34.3. The molecule has 1 fully saturated rings. The topological polar surface area (TPSA) is 46.2 Å². The molecule has 0 aliphatic heterocycles. The lowest BCUT2D eigenvalue weighted by Crippen LogP contribution is -2.54. The fraction of sp³-hybridized carbons (Fsp3) is 0.400. The second-order valence-electron chi connectivity index (χ2n) is 3.44. The summed E-state index contributed by atoms with van der Waals surface area (Å²) in [6.07, 6.45) is 1.71. The predicted molar refractivity (Wildman–Crippen MR) is 47.5 cm³/mol. The molecule has 0 spiro atoms. The zero-order chi connectivity index (χ0) is 8.60. The fourth-order valence-corrected chi connectivity index (χ4v) is 1.67. The minimum atomic E-state index is -0.749. The van der Waals surface area contributed by atoms with Crippen molar-refractivity contribution in [1.82, 2.24) is 0 Å². The van der Waals surface area contributed by atoms with E-state index >= 15 is 0 Å². The van der Waals surface area contributed by atoms with Crippen LogP contribution >= 0.6 is 0 Å². The van der Waals surface area contributed by atoms with Gasteiger partial charge in [0.1, 0.15) is 5.60 Å². The van der Waals surface area contributed by atoms with Gasteiger partial charge < -0.3 is 10.8 Å². The second-order valence-corrected chi connectivity index (χ2v) is 3.44. The first-order valence-electron chi connectivity index (χ1n) is 4.27. The summed E-state index contributed by atoms with van der Waals surface area (Å²) in [4.78, 5) is 0. The Bertz CT molecular complexity index is 272. The number of rotatable bonds is 1. The molecule has 2 atom stereocenters. The van der Waals surface area contributed by atoms with Gasteiger partial charge in [-0.3, -0.25) is 0 Å². The minimum absolute atomic E-state index is 0.0834. The molecule has 1 aliphatic rings. The van der Waals surface area contributed by atoms with Crippen molar-refractivity contribution in [3.05, 3.63) is 35.9 Å². The van der Waals surface area contributed by atoms with Crippen LogP contribution in [0.5, 0.6) is 0 Å². The summed E-state index contributed by atoms with van der Waals surface area (Å²) in [6, 6.07) is 9.58. The number of hydrogen-bond acceptors (Lipinski definition) is 2. The molecular formula is C10H13NO. The Morgan fingerprint density at radius 1 is 1.33 bits per heavy atom. The number of aliphatic hydroxyl groups is 1. The molecule has 1 unspecified atom stereocenters. The third-order valence-electron chi connectivity index (χ3n) is 2.72. The van der Waals surface area contributed by atoms with Crippen LogP contribution in [0.25, 0.3) is 0 Å². The van der Waals surface area contributed by atoms with E-state index in [0.717, 1.165) is 18.4 Å². The van der Waals surface area contributed by atoms with Crippen LogP contribution in [0.4, 0.5) is 0 Å². The molecule has 1 aromatic rings. The number of hydrogen-bond donors (Lipinski definition) is 2. The zero-order valence-electron chi connectivity index (χ0n) is 6.90. The van der Waals surface area contributed by atoms with Crippen molar-refractivity contribution < 1.29 is 5.11 Å². The largest absolute Gasteiger partial charge is 0.384 e. The van der Waals surface area contributed by atoms with Crippen LogP contribution in [-0.2, 0) is 5.60 Å². The Labute approximate surface area is 72.0 Å². The van der Waals surface area contributed by atoms with Crippen LogP contribution in [0.15, 0.2) is 30.3 Å². The van der Waals surface area contributed by atoms with Crippen LogP contribution in [0.2, 0.25) is 0 Å². The van der Waals surface area contributed by atoms with Crippen molar-refractivity contribution in [3.8, 4) is 0 Å². The summed E-state index contributed by atoms with van der Waals surface area (Å²) < 4.78 is 0. The van der Waals surface area contributed by atoms with Crippen molar-refractivity contribution in [2.24, 2.45) is 5.73 Å². The van der Waals surface area contributed by atoms with Gasteiger partial charge in [0.25, 0.3) is 0 Å². The molecule has 64 valence electrons. The van der Waals surface area contributed by atoms with Gasteiger partial charge in [0.15, 0.2) is 0 Å². The van der Waals surface area contributed by atoms with Gasteiger partial charge in [-0.1, -0.05) is 30.3 Å². The molecular weight excluding hydrogens is 150 g/mol. The summed E-state index contributed by atoms with van der Waals surface area (Å²) in [5, 5.41) is 10.0. The molecule has 2 rings (SSSR count). The maximum atomic E-state index is 10.0. The van der Waals surface area contributed by atoms with Crippen LogP contribution in [0.1, 0.15) is 18.4 Å². The van der Waals surface area contributed by atoms with Gasteiger partial charge in [0.05, 0.1) is 0 Å². The lowest BCUT2D eigenvalue weighted by molar-refractivity contribution is -0.0604. The lowest BCUT2D eigenvalue weighted by atomic mass is 9.71. The molecule has 0 amide bonds. The Kier molecular flexibility index (Phi) is 1.67. The number of nitrogens with two attached hydrogens (primary N) is 1. The summed E-state index contributed by atoms with van der Waals surface area (Å²) in [6.45, 7) is 0. The SMILES string of the molecule is N[C@@H]1CCC1(O)c1ccccc1. The van der Waals surface area contributed by atoms with E-state index in [9.17, 15) is 5.11 Å². The summed E-state index contributed by atoms with van der Waals surface area (Å²) in [5.41, 5.74) is 5.94. The molecule has 2 heteroatoms. The summed E-state index contributed by atoms with van der Waals surface area (Å²) in [7, 11) is 0. The first-order chi connectivity index (χ1) is 5.73. The summed E-state index contributed by atoms with van der Waals surface area (Å²) >= 11 is 0. The van der Waals surface area contributed by atoms with E-state index in [1.54, 1.807) is 0 Å². The number of benzene rings is 1. The highest BCUT2D eigenvalue weighted by molar-refractivity contribution is 5.27. The van der Waals surface area contributed by atoms with Crippen molar-refractivity contribution >= 4 is 0 Å². The third-order valence-corrected chi connectivity index (χ3v) is 2.72. The highest BCUT2D eigenvalue weighted by atomic mass is 16.3. The molecule has 0 bridgehead atoms. The molecule has 1 saturated carbocycles. The molecule has 1 aromatic carbocycles. The van der Waals surface area contributed by atoms with Gasteiger partial charge in [-0.2, -0.15) is 0 Å². The van der Waals surface area contributed by atoms with Crippen molar-refractivity contribution in [2.45, 2.75) is 24.5 Å². The van der Waals surface area contributed by atoms with Gasteiger partial charge in [-0.25, -0.2) is 0 Å². The van der Waals surface area contributed by atoms with E-state index in [-0.39, 0.29) is 6.04 Å². The van der Waals surface area contributed by atoms with Gasteiger partial charge >= 0.3 is 0 Å². The average molecular weight is 163 g/mol. The Balaban J connectivity index is 2.31. The molecule has 2 nitrogen and oxygen atoms in total. The quantitative estimate of drug-likeness (QED) is 0.648.